The molecule has 4 aliphatic rings. The van der Waals surface area contributed by atoms with Crippen LogP contribution in [0.4, 0.5) is 0 Å². The molecule has 3 saturated heterocycles. The first-order valence-electron chi connectivity index (χ1n) is 11.9. The number of rotatable bonds is 5. The molecule has 0 aromatic rings. The summed E-state index contributed by atoms with van der Waals surface area (Å²) in [4.78, 5) is 29.4. The molecule has 0 aromatic heterocycles. The average molecular weight is 438 g/mol. The molecule has 3 aliphatic heterocycles. The van der Waals surface area contributed by atoms with Crippen molar-refractivity contribution in [3.63, 3.8) is 0 Å². The Hall–Kier alpha value is -1.30. The summed E-state index contributed by atoms with van der Waals surface area (Å²) in [5.41, 5.74) is 11.9. The first kappa shape index (κ1) is 22.9. The molecule has 0 bridgehead atoms. The van der Waals surface area contributed by atoms with Crippen LogP contribution < -0.4 is 27.4 Å². The van der Waals surface area contributed by atoms with Gasteiger partial charge in [0.25, 0.3) is 0 Å². The number of nitrogens with two attached hydrogens (primary N) is 2. The lowest BCUT2D eigenvalue weighted by Gasteiger charge is -2.46. The number of ether oxygens (including phenoxy) is 1. The van der Waals surface area contributed by atoms with Crippen molar-refractivity contribution in [3.8, 4) is 0 Å². The molecule has 10 heteroatoms. The fourth-order valence-electron chi connectivity index (χ4n) is 5.50. The van der Waals surface area contributed by atoms with Crippen LogP contribution in [0.2, 0.25) is 0 Å². The topological polar surface area (TPSA) is 138 Å². The van der Waals surface area contributed by atoms with Gasteiger partial charge in [-0.3, -0.25) is 30.4 Å². The lowest BCUT2D eigenvalue weighted by atomic mass is 9.84. The summed E-state index contributed by atoms with van der Waals surface area (Å²) in [6.07, 6.45) is 5.62. The van der Waals surface area contributed by atoms with E-state index < -0.39 is 0 Å². The number of nitrogens with one attached hydrogen (secondary N) is 3. The molecular formula is C21H39N7O3. The van der Waals surface area contributed by atoms with Gasteiger partial charge in [0.05, 0.1) is 25.3 Å². The monoisotopic (exact) mass is 437 g/mol. The number of hydrogen-bond acceptors (Lipinski definition) is 8. The van der Waals surface area contributed by atoms with Crippen LogP contribution in [0, 0.1) is 11.8 Å². The maximum absolute atomic E-state index is 13.0. The summed E-state index contributed by atoms with van der Waals surface area (Å²) in [6, 6.07) is 0.369. The maximum atomic E-state index is 13.0. The average Bonchev–Trinajstić information content (AvgIpc) is 2.79. The first-order valence-corrected chi connectivity index (χ1v) is 11.9. The third kappa shape index (κ3) is 5.74. The Kier molecular flexibility index (Phi) is 7.78. The lowest BCUT2D eigenvalue weighted by molar-refractivity contribution is -0.141. The summed E-state index contributed by atoms with van der Waals surface area (Å²) in [6.45, 7) is 4.96. The molecule has 31 heavy (non-hydrogen) atoms. The van der Waals surface area contributed by atoms with Gasteiger partial charge in [-0.25, -0.2) is 0 Å². The molecule has 5 unspecified atom stereocenters. The zero-order chi connectivity index (χ0) is 21.8. The molecular weight excluding hydrogens is 398 g/mol. The van der Waals surface area contributed by atoms with Crippen LogP contribution in [-0.4, -0.2) is 92.1 Å². The van der Waals surface area contributed by atoms with E-state index in [0.29, 0.717) is 32.8 Å². The van der Waals surface area contributed by atoms with E-state index >= 15 is 0 Å². The highest BCUT2D eigenvalue weighted by atomic mass is 16.5. The molecule has 0 spiro atoms. The minimum Gasteiger partial charge on any atom is -0.378 e. The highest BCUT2D eigenvalue weighted by Gasteiger charge is 2.39. The molecule has 1 saturated carbocycles. The van der Waals surface area contributed by atoms with Crippen LogP contribution in [0.15, 0.2) is 0 Å². The minimum absolute atomic E-state index is 0.0335. The second kappa shape index (κ2) is 10.5. The van der Waals surface area contributed by atoms with Crippen LogP contribution in [0.1, 0.15) is 38.5 Å². The number of primary amides is 1. The summed E-state index contributed by atoms with van der Waals surface area (Å²) >= 11 is 0. The van der Waals surface area contributed by atoms with E-state index in [0.717, 1.165) is 51.6 Å². The maximum Gasteiger partial charge on any atom is 0.225 e. The molecule has 6 atom stereocenters. The van der Waals surface area contributed by atoms with Crippen molar-refractivity contribution in [1.82, 2.24) is 25.8 Å². The molecule has 3 heterocycles. The van der Waals surface area contributed by atoms with E-state index in [2.05, 4.69) is 20.9 Å². The zero-order valence-electron chi connectivity index (χ0n) is 18.4. The number of carbonyl (C=O) groups is 2. The van der Waals surface area contributed by atoms with Crippen LogP contribution in [0.5, 0.6) is 0 Å². The molecule has 10 nitrogen and oxygen atoms in total. The second-order valence-electron chi connectivity index (χ2n) is 9.53. The van der Waals surface area contributed by atoms with Gasteiger partial charge in [-0.2, -0.15) is 0 Å². The van der Waals surface area contributed by atoms with Crippen molar-refractivity contribution in [1.29, 1.82) is 0 Å². The van der Waals surface area contributed by atoms with Crippen LogP contribution >= 0.6 is 0 Å². The van der Waals surface area contributed by atoms with Gasteiger partial charge in [0.1, 0.15) is 6.29 Å². The number of likely N-dealkylation sites (tertiary alicyclic amines) is 1. The van der Waals surface area contributed by atoms with E-state index in [1.807, 2.05) is 4.90 Å². The van der Waals surface area contributed by atoms with E-state index in [1.165, 1.54) is 0 Å². The quantitative estimate of drug-likeness (QED) is 0.344. The number of carbonyl (C=O) groups excluding carboxylic acids is 2. The summed E-state index contributed by atoms with van der Waals surface area (Å²) in [5, 5.41) is 10.6. The predicted molar refractivity (Wildman–Crippen MR) is 116 cm³/mol. The molecule has 1 aliphatic carbocycles. The van der Waals surface area contributed by atoms with Gasteiger partial charge >= 0.3 is 0 Å². The van der Waals surface area contributed by atoms with Crippen molar-refractivity contribution in [2.24, 2.45) is 23.3 Å². The largest absolute Gasteiger partial charge is 0.378 e. The van der Waals surface area contributed by atoms with Gasteiger partial charge in [0, 0.05) is 50.7 Å². The Bertz CT molecular complexity index is 630. The Morgan fingerprint density at radius 2 is 1.87 bits per heavy atom. The van der Waals surface area contributed by atoms with Gasteiger partial charge in [0.2, 0.25) is 11.8 Å². The van der Waals surface area contributed by atoms with Gasteiger partial charge < -0.3 is 21.1 Å². The van der Waals surface area contributed by atoms with Crippen molar-refractivity contribution >= 4 is 11.8 Å². The van der Waals surface area contributed by atoms with Gasteiger partial charge in [-0.15, -0.1) is 0 Å². The van der Waals surface area contributed by atoms with Gasteiger partial charge in [-0.05, 0) is 32.1 Å². The Morgan fingerprint density at radius 3 is 2.61 bits per heavy atom. The number of amides is 2. The molecule has 176 valence electrons. The summed E-state index contributed by atoms with van der Waals surface area (Å²) in [5.74, 6) is -0.373. The molecule has 0 radical (unpaired) electrons. The van der Waals surface area contributed by atoms with E-state index in [9.17, 15) is 9.59 Å². The number of nitrogens with zero attached hydrogens (tertiary/aromatic N) is 2. The van der Waals surface area contributed by atoms with E-state index in [-0.39, 0.29) is 48.2 Å². The van der Waals surface area contributed by atoms with E-state index in [1.54, 1.807) is 0 Å². The lowest BCUT2D eigenvalue weighted by Crippen LogP contribution is -2.72. The Morgan fingerprint density at radius 1 is 1.06 bits per heavy atom. The zero-order valence-corrected chi connectivity index (χ0v) is 18.4. The van der Waals surface area contributed by atoms with Crippen LogP contribution in [0.3, 0.4) is 0 Å². The highest BCUT2D eigenvalue weighted by molar-refractivity contribution is 5.79. The highest BCUT2D eigenvalue weighted by Crippen LogP contribution is 2.27. The Labute approximate surface area is 184 Å². The minimum atomic E-state index is -0.343. The molecule has 4 rings (SSSR count). The van der Waals surface area contributed by atoms with Crippen LogP contribution in [-0.2, 0) is 14.3 Å². The van der Waals surface area contributed by atoms with Crippen molar-refractivity contribution in [3.05, 3.63) is 0 Å². The van der Waals surface area contributed by atoms with Crippen molar-refractivity contribution in [2.45, 2.75) is 63.1 Å². The SMILES string of the molecule is NC(=O)C1CNC(N2CCC[C@H](N)C2)NC1NC1CCCC(C(=O)N2CCOCC2)C1. The summed E-state index contributed by atoms with van der Waals surface area (Å²) < 4.78 is 5.38. The smallest absolute Gasteiger partial charge is 0.225 e. The fraction of sp³-hybridized carbons (Fsp3) is 0.905. The predicted octanol–water partition coefficient (Wildman–Crippen LogP) is -1.68. The third-order valence-electron chi connectivity index (χ3n) is 7.25. The normalized spacial score (nSPS) is 38.0. The van der Waals surface area contributed by atoms with Crippen LogP contribution in [0.25, 0.3) is 0 Å². The fourth-order valence-corrected chi connectivity index (χ4v) is 5.50. The van der Waals surface area contributed by atoms with Crippen molar-refractivity contribution in [2.75, 3.05) is 45.9 Å². The molecule has 4 fully saturated rings. The number of piperidine rings is 1. The standard InChI is InChI=1S/C21H39N7O3/c22-15-4-2-6-28(13-15)21-24-12-17(18(23)29)19(26-21)25-16-5-1-3-14(11-16)20(30)27-7-9-31-10-8-27/h14-17,19,21,24-26H,1-13,22H2,(H2,23,29)/t14?,15-,16?,17?,19?,21?/m0/s1. The molecule has 7 N–H and O–H groups in total. The number of morpholine rings is 1. The molecule has 2 amide bonds. The number of hydrogen-bond donors (Lipinski definition) is 5. The second-order valence-corrected chi connectivity index (χ2v) is 9.53. The van der Waals surface area contributed by atoms with Crippen molar-refractivity contribution < 1.29 is 14.3 Å². The first-order chi connectivity index (χ1) is 15.0. The van der Waals surface area contributed by atoms with Gasteiger partial charge in [0.15, 0.2) is 0 Å². The van der Waals surface area contributed by atoms with E-state index in [4.69, 9.17) is 16.2 Å². The molecule has 0 aromatic carbocycles. The van der Waals surface area contributed by atoms with Gasteiger partial charge in [-0.1, -0.05) is 6.42 Å². The Balaban J connectivity index is 1.36. The summed E-state index contributed by atoms with van der Waals surface area (Å²) in [7, 11) is 0. The third-order valence-corrected chi connectivity index (χ3v) is 7.25.